The van der Waals surface area contributed by atoms with Gasteiger partial charge in [-0.15, -0.1) is 0 Å². The molecule has 1 aromatic rings. The Kier molecular flexibility index (Phi) is 4.03. The number of nitrogens with zero attached hydrogens (tertiary/aromatic N) is 1. The van der Waals surface area contributed by atoms with Crippen molar-refractivity contribution < 1.29 is 19.2 Å². The molecule has 0 unspecified atom stereocenters. The standard InChI is InChI=1S/C9H12N2O5/c1-14-8-3-6(5-16-10)7(11(12)13)4-9(8)15-2/h3-4H,5,10H2,1-2H3. The number of ether oxygens (including phenoxy) is 2. The second kappa shape index (κ2) is 5.29. The van der Waals surface area contributed by atoms with Gasteiger partial charge in [0.05, 0.1) is 37.4 Å². The third-order valence-electron chi connectivity index (χ3n) is 2.02. The summed E-state index contributed by atoms with van der Waals surface area (Å²) in [5, 5.41) is 10.8. The Hall–Kier alpha value is -1.86. The summed E-state index contributed by atoms with van der Waals surface area (Å²) in [4.78, 5) is 14.6. The lowest BCUT2D eigenvalue weighted by Crippen LogP contribution is -2.04. The molecule has 0 aliphatic carbocycles. The molecule has 0 radical (unpaired) electrons. The van der Waals surface area contributed by atoms with E-state index in [0.29, 0.717) is 11.3 Å². The Morgan fingerprint density at radius 3 is 2.31 bits per heavy atom. The molecule has 7 nitrogen and oxygen atoms in total. The van der Waals surface area contributed by atoms with Gasteiger partial charge in [-0.05, 0) is 6.07 Å². The number of rotatable bonds is 5. The molecule has 0 spiro atoms. The van der Waals surface area contributed by atoms with E-state index in [-0.39, 0.29) is 18.0 Å². The van der Waals surface area contributed by atoms with Gasteiger partial charge in [0.15, 0.2) is 11.5 Å². The van der Waals surface area contributed by atoms with Crippen molar-refractivity contribution in [3.05, 3.63) is 27.8 Å². The maximum absolute atomic E-state index is 10.8. The molecule has 0 heterocycles. The SMILES string of the molecule is COc1cc(CON)c([N+](=O)[O-])cc1OC. The van der Waals surface area contributed by atoms with Gasteiger partial charge in [0, 0.05) is 0 Å². The van der Waals surface area contributed by atoms with Crippen LogP contribution in [0.1, 0.15) is 5.56 Å². The Morgan fingerprint density at radius 2 is 1.88 bits per heavy atom. The average Bonchev–Trinajstić information content (AvgIpc) is 2.28. The van der Waals surface area contributed by atoms with E-state index in [2.05, 4.69) is 4.84 Å². The molecule has 2 N–H and O–H groups in total. The first kappa shape index (κ1) is 12.2. The number of hydrogen-bond acceptors (Lipinski definition) is 6. The molecule has 16 heavy (non-hydrogen) atoms. The van der Waals surface area contributed by atoms with Crippen LogP contribution in [-0.2, 0) is 11.4 Å². The van der Waals surface area contributed by atoms with Crippen molar-refractivity contribution in [3.63, 3.8) is 0 Å². The first-order chi connectivity index (χ1) is 7.63. The molecule has 0 aliphatic heterocycles. The third-order valence-corrected chi connectivity index (χ3v) is 2.02. The molecule has 0 saturated heterocycles. The lowest BCUT2D eigenvalue weighted by molar-refractivity contribution is -0.386. The molecule has 1 aromatic carbocycles. The minimum Gasteiger partial charge on any atom is -0.493 e. The fraction of sp³-hybridized carbons (Fsp3) is 0.333. The monoisotopic (exact) mass is 228 g/mol. The third kappa shape index (κ3) is 2.38. The second-order valence-electron chi connectivity index (χ2n) is 2.90. The molecule has 0 amide bonds. The van der Waals surface area contributed by atoms with Gasteiger partial charge in [-0.25, -0.2) is 5.90 Å². The Bertz CT molecular complexity index is 394. The van der Waals surface area contributed by atoms with Crippen LogP contribution < -0.4 is 15.4 Å². The summed E-state index contributed by atoms with van der Waals surface area (Å²) in [5.41, 5.74) is 0.202. The van der Waals surface area contributed by atoms with Crippen molar-refractivity contribution in [2.75, 3.05) is 14.2 Å². The number of benzene rings is 1. The predicted octanol–water partition coefficient (Wildman–Crippen LogP) is 1.00. The van der Waals surface area contributed by atoms with E-state index in [9.17, 15) is 10.1 Å². The summed E-state index contributed by atoms with van der Waals surface area (Å²) >= 11 is 0. The largest absolute Gasteiger partial charge is 0.493 e. The summed E-state index contributed by atoms with van der Waals surface area (Å²) < 4.78 is 9.97. The topological polar surface area (TPSA) is 96.9 Å². The summed E-state index contributed by atoms with van der Waals surface area (Å²) in [6.45, 7) is -0.0728. The van der Waals surface area contributed by atoms with Crippen LogP contribution in [0.3, 0.4) is 0 Å². The van der Waals surface area contributed by atoms with Crippen LogP contribution >= 0.6 is 0 Å². The van der Waals surface area contributed by atoms with Crippen molar-refractivity contribution in [1.29, 1.82) is 0 Å². The first-order valence-electron chi connectivity index (χ1n) is 4.35. The van der Waals surface area contributed by atoms with Crippen molar-refractivity contribution in [1.82, 2.24) is 0 Å². The summed E-state index contributed by atoms with van der Waals surface area (Å²) in [6.07, 6.45) is 0. The van der Waals surface area contributed by atoms with Crippen LogP contribution in [0.5, 0.6) is 11.5 Å². The lowest BCUT2D eigenvalue weighted by atomic mass is 10.1. The zero-order valence-corrected chi connectivity index (χ0v) is 8.93. The molecule has 0 bridgehead atoms. The van der Waals surface area contributed by atoms with E-state index in [1.54, 1.807) is 0 Å². The van der Waals surface area contributed by atoms with Gasteiger partial charge in [-0.2, -0.15) is 0 Å². The van der Waals surface area contributed by atoms with E-state index in [1.165, 1.54) is 26.4 Å². The molecule has 0 aromatic heterocycles. The summed E-state index contributed by atoms with van der Waals surface area (Å²) in [6, 6.07) is 2.73. The van der Waals surface area contributed by atoms with Gasteiger partial charge in [0.2, 0.25) is 0 Å². The van der Waals surface area contributed by atoms with E-state index in [4.69, 9.17) is 15.4 Å². The highest BCUT2D eigenvalue weighted by molar-refractivity contribution is 5.54. The minimum atomic E-state index is -0.531. The first-order valence-corrected chi connectivity index (χ1v) is 4.35. The van der Waals surface area contributed by atoms with Gasteiger partial charge < -0.3 is 9.47 Å². The van der Waals surface area contributed by atoms with Crippen LogP contribution in [0.4, 0.5) is 5.69 Å². The highest BCUT2D eigenvalue weighted by atomic mass is 16.6. The maximum Gasteiger partial charge on any atom is 0.278 e. The predicted molar refractivity (Wildman–Crippen MR) is 55.2 cm³/mol. The number of hydrogen-bond donors (Lipinski definition) is 1. The molecule has 7 heteroatoms. The summed E-state index contributed by atoms with van der Waals surface area (Å²) in [5.74, 6) is 5.57. The summed E-state index contributed by atoms with van der Waals surface area (Å²) in [7, 11) is 2.84. The Balaban J connectivity index is 3.29. The normalized spacial score (nSPS) is 9.94. The van der Waals surface area contributed by atoms with E-state index in [1.807, 2.05) is 0 Å². The number of nitrogens with two attached hydrogens (primary N) is 1. The fourth-order valence-corrected chi connectivity index (χ4v) is 1.29. The molecule has 0 fully saturated rings. The van der Waals surface area contributed by atoms with Crippen molar-refractivity contribution in [3.8, 4) is 11.5 Å². The number of nitro benzene ring substituents is 1. The maximum atomic E-state index is 10.8. The van der Waals surface area contributed by atoms with Crippen molar-refractivity contribution in [2.45, 2.75) is 6.61 Å². The second-order valence-corrected chi connectivity index (χ2v) is 2.90. The van der Waals surface area contributed by atoms with Gasteiger partial charge >= 0.3 is 0 Å². The van der Waals surface area contributed by atoms with Crippen LogP contribution in [0.15, 0.2) is 12.1 Å². The van der Waals surface area contributed by atoms with E-state index in [0.717, 1.165) is 0 Å². The Labute approximate surface area is 91.8 Å². The molecular formula is C9H12N2O5. The van der Waals surface area contributed by atoms with Crippen LogP contribution in [0, 0.1) is 10.1 Å². The number of nitro groups is 1. The molecule has 0 saturated carbocycles. The molecule has 0 aliphatic rings. The zero-order chi connectivity index (χ0) is 12.1. The van der Waals surface area contributed by atoms with Crippen molar-refractivity contribution in [2.24, 2.45) is 5.90 Å². The molecule has 1 rings (SSSR count). The highest BCUT2D eigenvalue weighted by Gasteiger charge is 2.19. The lowest BCUT2D eigenvalue weighted by Gasteiger charge is -2.09. The molecular weight excluding hydrogens is 216 g/mol. The van der Waals surface area contributed by atoms with Gasteiger partial charge in [0.1, 0.15) is 0 Å². The number of methoxy groups -OCH3 is 2. The van der Waals surface area contributed by atoms with Gasteiger partial charge in [-0.3, -0.25) is 15.0 Å². The molecule has 88 valence electrons. The van der Waals surface area contributed by atoms with E-state index >= 15 is 0 Å². The zero-order valence-electron chi connectivity index (χ0n) is 8.93. The molecule has 0 atom stereocenters. The van der Waals surface area contributed by atoms with Gasteiger partial charge in [-0.1, -0.05) is 0 Å². The van der Waals surface area contributed by atoms with Gasteiger partial charge in [0.25, 0.3) is 5.69 Å². The quantitative estimate of drug-likeness (QED) is 0.596. The Morgan fingerprint density at radius 1 is 1.31 bits per heavy atom. The smallest absolute Gasteiger partial charge is 0.278 e. The van der Waals surface area contributed by atoms with E-state index < -0.39 is 4.92 Å². The minimum absolute atomic E-state index is 0.0728. The van der Waals surface area contributed by atoms with Crippen molar-refractivity contribution >= 4 is 5.69 Å². The van der Waals surface area contributed by atoms with Crippen LogP contribution in [0.25, 0.3) is 0 Å². The van der Waals surface area contributed by atoms with Crippen LogP contribution in [-0.4, -0.2) is 19.1 Å². The van der Waals surface area contributed by atoms with Crippen LogP contribution in [0.2, 0.25) is 0 Å². The fourth-order valence-electron chi connectivity index (χ4n) is 1.29. The highest BCUT2D eigenvalue weighted by Crippen LogP contribution is 2.34. The average molecular weight is 228 g/mol.